The number of morpholine rings is 1. The number of aliphatic hydroxyl groups is 1. The van der Waals surface area contributed by atoms with Gasteiger partial charge in [-0.15, -0.1) is 0 Å². The molecular weight excluding hydrogens is 392 g/mol. The fraction of sp³-hybridized carbons (Fsp3) is 0.480. The van der Waals surface area contributed by atoms with E-state index < -0.39 is 23.5 Å². The second-order valence-electron chi connectivity index (χ2n) is 9.34. The Bertz CT molecular complexity index is 853. The van der Waals surface area contributed by atoms with Crippen LogP contribution in [0.1, 0.15) is 44.9 Å². The first-order valence-corrected chi connectivity index (χ1v) is 10.8. The molecule has 3 rings (SSSR count). The van der Waals surface area contributed by atoms with Crippen molar-refractivity contribution < 1.29 is 19.4 Å². The fourth-order valence-corrected chi connectivity index (χ4v) is 3.89. The van der Waals surface area contributed by atoms with Gasteiger partial charge in [-0.2, -0.15) is 0 Å². The lowest BCUT2D eigenvalue weighted by Crippen LogP contribution is -2.65. The van der Waals surface area contributed by atoms with Gasteiger partial charge in [-0.25, -0.2) is 4.79 Å². The van der Waals surface area contributed by atoms with Crippen molar-refractivity contribution in [3.63, 3.8) is 0 Å². The number of carbonyl (C=O) groups excluding carboxylic acids is 1. The van der Waals surface area contributed by atoms with Crippen LogP contribution in [0.5, 0.6) is 0 Å². The van der Waals surface area contributed by atoms with E-state index in [0.29, 0.717) is 6.42 Å². The van der Waals surface area contributed by atoms with Gasteiger partial charge < -0.3 is 19.9 Å². The summed E-state index contributed by atoms with van der Waals surface area (Å²) in [4.78, 5) is 14.7. The van der Waals surface area contributed by atoms with Gasteiger partial charge in [0.1, 0.15) is 11.7 Å². The molecule has 0 aromatic heterocycles. The molecule has 6 nitrogen and oxygen atoms in total. The van der Waals surface area contributed by atoms with Crippen LogP contribution in [0.25, 0.3) is 0 Å². The molecule has 0 radical (unpaired) electrons. The van der Waals surface area contributed by atoms with Crippen molar-refractivity contribution in [3.8, 4) is 0 Å². The molecule has 6 heteroatoms. The van der Waals surface area contributed by atoms with Crippen molar-refractivity contribution in [2.45, 2.75) is 63.7 Å². The third-order valence-corrected chi connectivity index (χ3v) is 5.59. The molecule has 1 amide bonds. The van der Waals surface area contributed by atoms with E-state index in [1.165, 1.54) is 0 Å². The van der Waals surface area contributed by atoms with E-state index in [0.717, 1.165) is 11.1 Å². The third-order valence-electron chi connectivity index (χ3n) is 5.59. The number of nitrogens with zero attached hydrogens (tertiary/aromatic N) is 1. The zero-order chi connectivity index (χ0) is 22.6. The molecule has 2 N–H and O–H groups in total. The maximum absolute atomic E-state index is 12.6. The van der Waals surface area contributed by atoms with Crippen LogP contribution in [0.15, 0.2) is 60.7 Å². The Morgan fingerprint density at radius 1 is 1.19 bits per heavy atom. The monoisotopic (exact) mass is 426 g/mol. The van der Waals surface area contributed by atoms with Gasteiger partial charge in [-0.1, -0.05) is 60.7 Å². The largest absolute Gasteiger partial charge is 0.444 e. The lowest BCUT2D eigenvalue weighted by atomic mass is 9.92. The molecular formula is C25H34N2O4. The van der Waals surface area contributed by atoms with E-state index in [1.807, 2.05) is 88.5 Å². The molecule has 1 saturated heterocycles. The first-order valence-electron chi connectivity index (χ1n) is 10.8. The summed E-state index contributed by atoms with van der Waals surface area (Å²) in [7, 11) is 1.96. The summed E-state index contributed by atoms with van der Waals surface area (Å²) in [5.41, 5.74) is 1.32. The molecule has 0 aliphatic carbocycles. The maximum Gasteiger partial charge on any atom is 0.408 e. The minimum absolute atomic E-state index is 0.0570. The molecule has 0 bridgehead atoms. The van der Waals surface area contributed by atoms with Crippen LogP contribution in [-0.4, -0.2) is 53.2 Å². The van der Waals surface area contributed by atoms with E-state index in [2.05, 4.69) is 17.1 Å². The molecule has 1 unspecified atom stereocenters. The lowest BCUT2D eigenvalue weighted by Gasteiger charge is -2.49. The van der Waals surface area contributed by atoms with Crippen LogP contribution in [0, 0.1) is 0 Å². The highest BCUT2D eigenvalue weighted by molar-refractivity contribution is 5.68. The normalized spacial score (nSPS) is 25.6. The SMILES string of the molecule is C[C@H]1[C@H](c2ccccc2)OC(O)([C@H](Cc2ccccc2)NC(=O)OC(C)(C)C)CN1C. The van der Waals surface area contributed by atoms with Crippen molar-refractivity contribution in [2.75, 3.05) is 13.6 Å². The van der Waals surface area contributed by atoms with Crippen LogP contribution in [0.2, 0.25) is 0 Å². The fourth-order valence-electron chi connectivity index (χ4n) is 3.89. The second-order valence-corrected chi connectivity index (χ2v) is 9.34. The molecule has 1 heterocycles. The van der Waals surface area contributed by atoms with Gasteiger partial charge in [0.2, 0.25) is 0 Å². The average molecular weight is 427 g/mol. The Labute approximate surface area is 185 Å². The van der Waals surface area contributed by atoms with Crippen molar-refractivity contribution >= 4 is 6.09 Å². The molecule has 1 aliphatic heterocycles. The number of likely N-dealkylation sites (N-methyl/N-ethyl adjacent to an activating group) is 1. The summed E-state index contributed by atoms with van der Waals surface area (Å²) >= 11 is 0. The Balaban J connectivity index is 1.90. The van der Waals surface area contributed by atoms with E-state index in [1.54, 1.807) is 0 Å². The van der Waals surface area contributed by atoms with Gasteiger partial charge in [0.25, 0.3) is 0 Å². The summed E-state index contributed by atoms with van der Waals surface area (Å²) in [5.74, 6) is -1.60. The molecule has 1 fully saturated rings. The average Bonchev–Trinajstić information content (AvgIpc) is 2.70. The number of rotatable bonds is 5. The molecule has 4 atom stereocenters. The van der Waals surface area contributed by atoms with E-state index in [9.17, 15) is 9.90 Å². The van der Waals surface area contributed by atoms with Crippen molar-refractivity contribution in [3.05, 3.63) is 71.8 Å². The molecule has 31 heavy (non-hydrogen) atoms. The highest BCUT2D eigenvalue weighted by Gasteiger charge is 2.48. The lowest BCUT2D eigenvalue weighted by molar-refractivity contribution is -0.293. The Kier molecular flexibility index (Phi) is 7.04. The van der Waals surface area contributed by atoms with Gasteiger partial charge >= 0.3 is 6.09 Å². The number of alkyl carbamates (subject to hydrolysis) is 1. The smallest absolute Gasteiger partial charge is 0.408 e. The van der Waals surface area contributed by atoms with Crippen molar-refractivity contribution in [1.82, 2.24) is 10.2 Å². The predicted octanol–water partition coefficient (Wildman–Crippen LogP) is 3.90. The minimum Gasteiger partial charge on any atom is -0.444 e. The molecule has 0 saturated carbocycles. The Morgan fingerprint density at radius 3 is 2.35 bits per heavy atom. The first-order chi connectivity index (χ1) is 14.6. The highest BCUT2D eigenvalue weighted by atomic mass is 16.6. The maximum atomic E-state index is 12.6. The number of β-amino-alcohol motifs (C(OH)–C–C–N with tert-alkyl or cyclic N) is 1. The number of hydrogen-bond donors (Lipinski definition) is 2. The molecule has 1 aliphatic rings. The molecule has 0 spiro atoms. The van der Waals surface area contributed by atoms with Crippen LogP contribution in [0.3, 0.4) is 0 Å². The van der Waals surface area contributed by atoms with E-state index in [-0.39, 0.29) is 18.7 Å². The third kappa shape index (κ3) is 6.06. The van der Waals surface area contributed by atoms with Crippen LogP contribution >= 0.6 is 0 Å². The van der Waals surface area contributed by atoms with E-state index >= 15 is 0 Å². The van der Waals surface area contributed by atoms with Crippen molar-refractivity contribution in [2.24, 2.45) is 0 Å². The topological polar surface area (TPSA) is 71.0 Å². The van der Waals surface area contributed by atoms with Gasteiger partial charge in [0.05, 0.1) is 12.6 Å². The minimum atomic E-state index is -1.60. The quantitative estimate of drug-likeness (QED) is 0.759. The number of hydrogen-bond acceptors (Lipinski definition) is 5. The Morgan fingerprint density at radius 2 is 1.77 bits per heavy atom. The molecule has 2 aromatic carbocycles. The van der Waals surface area contributed by atoms with Crippen molar-refractivity contribution in [1.29, 1.82) is 0 Å². The zero-order valence-electron chi connectivity index (χ0n) is 19.0. The second kappa shape index (κ2) is 9.39. The van der Waals surface area contributed by atoms with Gasteiger partial charge in [0.15, 0.2) is 5.79 Å². The van der Waals surface area contributed by atoms with Crippen LogP contribution in [-0.2, 0) is 15.9 Å². The van der Waals surface area contributed by atoms with Crippen LogP contribution in [0.4, 0.5) is 4.79 Å². The predicted molar refractivity (Wildman–Crippen MR) is 121 cm³/mol. The van der Waals surface area contributed by atoms with E-state index in [4.69, 9.17) is 9.47 Å². The number of amides is 1. The molecule has 168 valence electrons. The summed E-state index contributed by atoms with van der Waals surface area (Å²) in [6, 6.07) is 19.0. The summed E-state index contributed by atoms with van der Waals surface area (Å²) in [5, 5.41) is 14.6. The number of benzene rings is 2. The number of ether oxygens (including phenoxy) is 2. The van der Waals surface area contributed by atoms with Gasteiger partial charge in [0, 0.05) is 6.04 Å². The summed E-state index contributed by atoms with van der Waals surface area (Å²) in [6.07, 6.45) is -0.521. The highest BCUT2D eigenvalue weighted by Crippen LogP contribution is 2.36. The zero-order valence-corrected chi connectivity index (χ0v) is 19.0. The summed E-state index contributed by atoms with van der Waals surface area (Å²) in [6.45, 7) is 7.76. The molecule has 2 aromatic rings. The standard InChI is InChI=1S/C25H34N2O4/c1-18-22(20-14-10-7-11-15-20)30-25(29,17-27(18)5)21(16-19-12-8-6-9-13-19)26-23(28)31-24(2,3)4/h6-15,18,21-22,29H,16-17H2,1-5H3,(H,26,28)/t18-,21-,22+,25?/m0/s1. The first kappa shape index (κ1) is 23.3. The number of carbonyl (C=O) groups is 1. The summed E-state index contributed by atoms with van der Waals surface area (Å²) < 4.78 is 11.8. The van der Waals surface area contributed by atoms with Gasteiger partial charge in [-0.05, 0) is 52.3 Å². The van der Waals surface area contributed by atoms with Gasteiger partial charge in [-0.3, -0.25) is 4.90 Å². The Hall–Kier alpha value is -2.41. The van der Waals surface area contributed by atoms with Crippen LogP contribution < -0.4 is 5.32 Å². The number of nitrogens with one attached hydrogen (secondary N) is 1.